The predicted octanol–water partition coefficient (Wildman–Crippen LogP) is 5.07. The average Bonchev–Trinajstić information content (AvgIpc) is 2.50. The molecule has 1 aromatic carbocycles. The summed E-state index contributed by atoms with van der Waals surface area (Å²) in [5.74, 6) is 0.898. The lowest BCUT2D eigenvalue weighted by Gasteiger charge is -2.24. The molecular weight excluding hydrogens is 305 g/mol. The van der Waals surface area contributed by atoms with Gasteiger partial charge in [0, 0.05) is 22.1 Å². The van der Waals surface area contributed by atoms with Crippen molar-refractivity contribution in [2.45, 2.75) is 56.7 Å². The van der Waals surface area contributed by atoms with Gasteiger partial charge in [0.25, 0.3) is 0 Å². The first-order chi connectivity index (χ1) is 10.2. The summed E-state index contributed by atoms with van der Waals surface area (Å²) in [5.41, 5.74) is 0.720. The van der Waals surface area contributed by atoms with Gasteiger partial charge >= 0.3 is 0 Å². The average molecular weight is 330 g/mol. The number of thioether (sulfide) groups is 1. The van der Waals surface area contributed by atoms with Crippen molar-refractivity contribution < 1.29 is 4.39 Å². The van der Waals surface area contributed by atoms with E-state index in [9.17, 15) is 4.39 Å². The van der Waals surface area contributed by atoms with Crippen LogP contribution in [0.4, 0.5) is 4.39 Å². The first-order valence-corrected chi connectivity index (χ1v) is 9.40. The molecular formula is C17H25ClFNS. The van der Waals surface area contributed by atoms with E-state index in [1.807, 2.05) is 0 Å². The van der Waals surface area contributed by atoms with Gasteiger partial charge in [0.2, 0.25) is 0 Å². The van der Waals surface area contributed by atoms with Crippen molar-refractivity contribution in [1.29, 1.82) is 0 Å². The third-order valence-electron chi connectivity index (χ3n) is 4.05. The highest BCUT2D eigenvalue weighted by Gasteiger charge is 2.17. The molecule has 0 heterocycles. The summed E-state index contributed by atoms with van der Waals surface area (Å²) < 4.78 is 13.9. The van der Waals surface area contributed by atoms with Crippen LogP contribution in [0.2, 0.25) is 5.02 Å². The maximum absolute atomic E-state index is 13.9. The molecule has 4 heteroatoms. The van der Waals surface area contributed by atoms with E-state index in [1.165, 1.54) is 38.2 Å². The largest absolute Gasteiger partial charge is 0.313 e. The molecule has 0 saturated heterocycles. The first-order valence-electron chi connectivity index (χ1n) is 7.98. The van der Waals surface area contributed by atoms with Crippen molar-refractivity contribution in [2.75, 3.05) is 12.3 Å². The quantitative estimate of drug-likeness (QED) is 0.750. The number of hydrogen-bond acceptors (Lipinski definition) is 2. The van der Waals surface area contributed by atoms with Crippen molar-refractivity contribution >= 4 is 23.4 Å². The van der Waals surface area contributed by atoms with Gasteiger partial charge in [-0.1, -0.05) is 37.8 Å². The standard InChI is InChI=1S/C17H25ClFNS/c1-2-20-15(12-21-16-6-4-3-5-7-16)11-13-10-14(18)8-9-17(13)19/h8-10,15-16,20H,2-7,11-12H2,1H3. The van der Waals surface area contributed by atoms with Crippen LogP contribution in [0.1, 0.15) is 44.6 Å². The van der Waals surface area contributed by atoms with Gasteiger partial charge in [-0.25, -0.2) is 4.39 Å². The lowest BCUT2D eigenvalue weighted by atomic mass is 10.0. The molecule has 1 unspecified atom stereocenters. The third kappa shape index (κ3) is 5.80. The fraction of sp³-hybridized carbons (Fsp3) is 0.647. The summed E-state index contributed by atoms with van der Waals surface area (Å²) in [7, 11) is 0. The molecule has 118 valence electrons. The maximum atomic E-state index is 13.9. The van der Waals surface area contributed by atoms with Gasteiger partial charge in [0.1, 0.15) is 5.82 Å². The van der Waals surface area contributed by atoms with Crippen LogP contribution in [0.25, 0.3) is 0 Å². The van der Waals surface area contributed by atoms with E-state index in [4.69, 9.17) is 11.6 Å². The Morgan fingerprint density at radius 1 is 1.33 bits per heavy atom. The maximum Gasteiger partial charge on any atom is 0.126 e. The molecule has 1 aliphatic rings. The van der Waals surface area contributed by atoms with E-state index in [2.05, 4.69) is 24.0 Å². The number of halogens is 2. The summed E-state index contributed by atoms with van der Waals surface area (Å²) in [6, 6.07) is 5.15. The predicted molar refractivity (Wildman–Crippen MR) is 91.9 cm³/mol. The molecule has 2 rings (SSSR count). The van der Waals surface area contributed by atoms with E-state index in [-0.39, 0.29) is 5.82 Å². The second-order valence-corrected chi connectivity index (χ2v) is 7.56. The molecule has 1 N–H and O–H groups in total. The fourth-order valence-electron chi connectivity index (χ4n) is 2.93. The number of benzene rings is 1. The lowest BCUT2D eigenvalue weighted by Crippen LogP contribution is -2.34. The Labute approximate surface area is 137 Å². The van der Waals surface area contributed by atoms with Crippen LogP contribution in [0, 0.1) is 5.82 Å². The Morgan fingerprint density at radius 2 is 2.10 bits per heavy atom. The van der Waals surface area contributed by atoms with Crippen molar-refractivity contribution in [3.05, 3.63) is 34.6 Å². The minimum Gasteiger partial charge on any atom is -0.313 e. The van der Waals surface area contributed by atoms with Crippen LogP contribution in [0.3, 0.4) is 0 Å². The molecule has 0 spiro atoms. The highest BCUT2D eigenvalue weighted by Crippen LogP contribution is 2.29. The summed E-state index contributed by atoms with van der Waals surface area (Å²) in [5, 5.41) is 4.89. The van der Waals surface area contributed by atoms with Crippen LogP contribution in [-0.2, 0) is 6.42 Å². The van der Waals surface area contributed by atoms with Crippen LogP contribution in [0.5, 0.6) is 0 Å². The Bertz CT molecular complexity index is 435. The fourth-order valence-corrected chi connectivity index (χ4v) is 4.53. The number of nitrogens with one attached hydrogen (secondary N) is 1. The minimum atomic E-state index is -0.148. The first kappa shape index (κ1) is 17.1. The van der Waals surface area contributed by atoms with Crippen molar-refractivity contribution in [1.82, 2.24) is 5.32 Å². The van der Waals surface area contributed by atoms with Crippen LogP contribution in [-0.4, -0.2) is 23.6 Å². The van der Waals surface area contributed by atoms with Gasteiger partial charge in [-0.2, -0.15) is 11.8 Å². The molecule has 0 aromatic heterocycles. The molecule has 0 radical (unpaired) electrons. The Balaban J connectivity index is 1.89. The minimum absolute atomic E-state index is 0.148. The van der Waals surface area contributed by atoms with Gasteiger partial charge in [0.05, 0.1) is 0 Å². The summed E-state index contributed by atoms with van der Waals surface area (Å²) in [6.07, 6.45) is 7.52. The Kier molecular flexibility index (Phi) is 7.35. The zero-order valence-corrected chi connectivity index (χ0v) is 14.3. The normalized spacial score (nSPS) is 17.9. The molecule has 0 amide bonds. The van der Waals surface area contributed by atoms with E-state index in [0.29, 0.717) is 17.5 Å². The number of likely N-dealkylation sites (N-methyl/N-ethyl adjacent to an activating group) is 1. The Hall–Kier alpha value is -0.250. The van der Waals surface area contributed by atoms with E-state index >= 15 is 0 Å². The zero-order valence-electron chi connectivity index (χ0n) is 12.7. The van der Waals surface area contributed by atoms with Gasteiger partial charge in [0.15, 0.2) is 0 Å². The van der Waals surface area contributed by atoms with E-state index in [0.717, 1.165) is 23.1 Å². The SMILES string of the molecule is CCNC(CSC1CCCCC1)Cc1cc(Cl)ccc1F. The Morgan fingerprint density at radius 3 is 2.81 bits per heavy atom. The van der Waals surface area contributed by atoms with Crippen molar-refractivity contribution in [3.63, 3.8) is 0 Å². The van der Waals surface area contributed by atoms with Gasteiger partial charge in [-0.05, 0) is 49.6 Å². The second-order valence-electron chi connectivity index (χ2n) is 5.79. The summed E-state index contributed by atoms with van der Waals surface area (Å²) in [4.78, 5) is 0. The molecule has 0 bridgehead atoms. The summed E-state index contributed by atoms with van der Waals surface area (Å²) >= 11 is 8.04. The highest BCUT2D eigenvalue weighted by atomic mass is 35.5. The van der Waals surface area contributed by atoms with E-state index in [1.54, 1.807) is 12.1 Å². The smallest absolute Gasteiger partial charge is 0.126 e. The lowest BCUT2D eigenvalue weighted by molar-refractivity contribution is 0.511. The van der Waals surface area contributed by atoms with Gasteiger partial charge in [-0.15, -0.1) is 0 Å². The van der Waals surface area contributed by atoms with Gasteiger partial charge < -0.3 is 5.32 Å². The van der Waals surface area contributed by atoms with Crippen molar-refractivity contribution in [3.8, 4) is 0 Å². The molecule has 1 nitrogen and oxygen atoms in total. The number of rotatable bonds is 7. The third-order valence-corrected chi connectivity index (χ3v) is 5.82. The monoisotopic (exact) mass is 329 g/mol. The molecule has 1 saturated carbocycles. The summed E-state index contributed by atoms with van der Waals surface area (Å²) in [6.45, 7) is 3.02. The van der Waals surface area contributed by atoms with Gasteiger partial charge in [-0.3, -0.25) is 0 Å². The van der Waals surface area contributed by atoms with Crippen molar-refractivity contribution in [2.24, 2.45) is 0 Å². The highest BCUT2D eigenvalue weighted by molar-refractivity contribution is 7.99. The molecule has 1 aliphatic carbocycles. The molecule has 1 fully saturated rings. The molecule has 0 aliphatic heterocycles. The van der Waals surface area contributed by atoms with Crippen LogP contribution >= 0.6 is 23.4 Å². The molecule has 1 aromatic rings. The molecule has 1 atom stereocenters. The molecule has 21 heavy (non-hydrogen) atoms. The van der Waals surface area contributed by atoms with Crippen LogP contribution < -0.4 is 5.32 Å². The number of hydrogen-bond donors (Lipinski definition) is 1. The van der Waals surface area contributed by atoms with Crippen LogP contribution in [0.15, 0.2) is 18.2 Å². The topological polar surface area (TPSA) is 12.0 Å². The second kappa shape index (κ2) is 9.02. The zero-order chi connectivity index (χ0) is 15.1. The van der Waals surface area contributed by atoms with E-state index < -0.39 is 0 Å².